The number of halogens is 1. The summed E-state index contributed by atoms with van der Waals surface area (Å²) >= 11 is 6.01. The molecule has 0 saturated carbocycles. The van der Waals surface area contributed by atoms with E-state index in [-0.39, 0.29) is 5.92 Å². The average Bonchev–Trinajstić information content (AvgIpc) is 2.28. The van der Waals surface area contributed by atoms with Gasteiger partial charge in [-0.15, -0.1) is 0 Å². The van der Waals surface area contributed by atoms with Gasteiger partial charge in [0.05, 0.1) is 6.10 Å². The summed E-state index contributed by atoms with van der Waals surface area (Å²) in [6, 6.07) is 15.1. The molecule has 2 atom stereocenters. The van der Waals surface area contributed by atoms with Gasteiger partial charge in [0.25, 0.3) is 0 Å². The lowest BCUT2D eigenvalue weighted by Gasteiger charge is -2.21. The number of hydrogen-bond acceptors (Lipinski definition) is 2. The molecule has 3 N–H and O–H groups in total. The number of anilines is 1. The predicted molar refractivity (Wildman–Crippen MR) is 75.8 cm³/mol. The van der Waals surface area contributed by atoms with Crippen LogP contribution in [0, 0.1) is 0 Å². The highest BCUT2D eigenvalue weighted by atomic mass is 35.5. The van der Waals surface area contributed by atoms with E-state index in [4.69, 9.17) is 17.3 Å². The van der Waals surface area contributed by atoms with Gasteiger partial charge in [0.15, 0.2) is 0 Å². The first-order valence-electron chi connectivity index (χ1n) is 5.87. The van der Waals surface area contributed by atoms with Crippen molar-refractivity contribution in [1.29, 1.82) is 0 Å². The number of aliphatic hydroxyl groups excluding tert-OH is 1. The van der Waals surface area contributed by atoms with Crippen LogP contribution in [0.4, 0.5) is 5.69 Å². The zero-order chi connectivity index (χ0) is 13.1. The van der Waals surface area contributed by atoms with Gasteiger partial charge in [0, 0.05) is 16.6 Å². The van der Waals surface area contributed by atoms with Crippen LogP contribution < -0.4 is 5.73 Å². The second-order valence-corrected chi connectivity index (χ2v) is 4.88. The van der Waals surface area contributed by atoms with Crippen molar-refractivity contribution in [2.75, 3.05) is 5.73 Å². The maximum absolute atomic E-state index is 10.0. The van der Waals surface area contributed by atoms with Crippen LogP contribution in [0.15, 0.2) is 48.5 Å². The average molecular weight is 262 g/mol. The number of aliphatic hydroxyl groups is 1. The fourth-order valence-corrected chi connectivity index (χ4v) is 2.40. The smallest absolute Gasteiger partial charge is 0.0621 e. The standard InChI is InChI=1S/C15H16ClNO/c1-10(18)15(11-4-2-6-13(16)8-11)12-5-3-7-14(17)9-12/h2-10,15,18H,17H2,1H3. The Morgan fingerprint density at radius 3 is 2.22 bits per heavy atom. The van der Waals surface area contributed by atoms with Gasteiger partial charge in [-0.25, -0.2) is 0 Å². The molecule has 0 aliphatic rings. The quantitative estimate of drug-likeness (QED) is 0.832. The van der Waals surface area contributed by atoms with Gasteiger partial charge in [0.2, 0.25) is 0 Å². The van der Waals surface area contributed by atoms with Crippen LogP contribution in [0.25, 0.3) is 0 Å². The number of nitrogens with two attached hydrogens (primary N) is 1. The minimum absolute atomic E-state index is 0.118. The maximum Gasteiger partial charge on any atom is 0.0621 e. The molecule has 2 aromatic rings. The van der Waals surface area contributed by atoms with Gasteiger partial charge in [0.1, 0.15) is 0 Å². The number of hydrogen-bond donors (Lipinski definition) is 2. The van der Waals surface area contributed by atoms with Crippen LogP contribution in [0.5, 0.6) is 0 Å². The first-order chi connectivity index (χ1) is 8.58. The Morgan fingerprint density at radius 2 is 1.67 bits per heavy atom. The molecule has 0 aromatic heterocycles. The molecule has 0 aliphatic carbocycles. The van der Waals surface area contributed by atoms with E-state index in [2.05, 4.69) is 0 Å². The van der Waals surface area contributed by atoms with Crippen molar-refractivity contribution in [3.05, 3.63) is 64.7 Å². The van der Waals surface area contributed by atoms with Gasteiger partial charge in [-0.3, -0.25) is 0 Å². The zero-order valence-electron chi connectivity index (χ0n) is 10.2. The Bertz CT molecular complexity index is 494. The van der Waals surface area contributed by atoms with Gasteiger partial charge in [-0.05, 0) is 42.3 Å². The van der Waals surface area contributed by atoms with Crippen molar-refractivity contribution in [3.63, 3.8) is 0 Å². The van der Waals surface area contributed by atoms with E-state index in [9.17, 15) is 5.11 Å². The predicted octanol–water partition coefficient (Wildman–Crippen LogP) is 3.43. The summed E-state index contributed by atoms with van der Waals surface area (Å²) in [5.74, 6) is -0.118. The third kappa shape index (κ3) is 2.84. The van der Waals surface area contributed by atoms with Crippen LogP contribution in [0.3, 0.4) is 0 Å². The van der Waals surface area contributed by atoms with Crippen LogP contribution in [-0.2, 0) is 0 Å². The topological polar surface area (TPSA) is 46.2 Å². The van der Waals surface area contributed by atoms with E-state index in [0.717, 1.165) is 11.1 Å². The Balaban J connectivity index is 2.46. The SMILES string of the molecule is CC(O)C(c1cccc(N)c1)c1cccc(Cl)c1. The fourth-order valence-electron chi connectivity index (χ4n) is 2.20. The Labute approximate surface area is 112 Å². The molecule has 0 amide bonds. The summed E-state index contributed by atoms with van der Waals surface area (Å²) in [7, 11) is 0. The van der Waals surface area contributed by atoms with Crippen LogP contribution >= 0.6 is 11.6 Å². The molecule has 2 unspecified atom stereocenters. The van der Waals surface area contributed by atoms with E-state index < -0.39 is 6.10 Å². The molecule has 3 heteroatoms. The summed E-state index contributed by atoms with van der Waals surface area (Å²) in [4.78, 5) is 0. The first kappa shape index (κ1) is 12.9. The molecule has 0 heterocycles. The Morgan fingerprint density at radius 1 is 1.06 bits per heavy atom. The van der Waals surface area contributed by atoms with Crippen LogP contribution in [0.1, 0.15) is 24.0 Å². The van der Waals surface area contributed by atoms with E-state index >= 15 is 0 Å². The highest BCUT2D eigenvalue weighted by molar-refractivity contribution is 6.30. The molecule has 18 heavy (non-hydrogen) atoms. The second-order valence-electron chi connectivity index (χ2n) is 4.44. The van der Waals surface area contributed by atoms with Gasteiger partial charge in [-0.2, -0.15) is 0 Å². The molecule has 0 bridgehead atoms. The largest absolute Gasteiger partial charge is 0.399 e. The van der Waals surface area contributed by atoms with Crippen molar-refractivity contribution in [3.8, 4) is 0 Å². The third-order valence-corrected chi connectivity index (χ3v) is 3.20. The summed E-state index contributed by atoms with van der Waals surface area (Å²) in [5, 5.41) is 10.7. The van der Waals surface area contributed by atoms with E-state index in [1.807, 2.05) is 48.5 Å². The van der Waals surface area contributed by atoms with Gasteiger partial charge < -0.3 is 10.8 Å². The summed E-state index contributed by atoms with van der Waals surface area (Å²) < 4.78 is 0. The maximum atomic E-state index is 10.0. The van der Waals surface area contributed by atoms with Gasteiger partial charge >= 0.3 is 0 Å². The molecule has 2 rings (SSSR count). The summed E-state index contributed by atoms with van der Waals surface area (Å²) in [6.07, 6.45) is -0.509. The highest BCUT2D eigenvalue weighted by Gasteiger charge is 2.19. The number of rotatable bonds is 3. The fraction of sp³-hybridized carbons (Fsp3) is 0.200. The second kappa shape index (κ2) is 5.42. The van der Waals surface area contributed by atoms with Crippen LogP contribution in [-0.4, -0.2) is 11.2 Å². The van der Waals surface area contributed by atoms with E-state index in [1.54, 1.807) is 6.92 Å². The minimum atomic E-state index is -0.509. The lowest BCUT2D eigenvalue weighted by molar-refractivity contribution is 0.176. The zero-order valence-corrected chi connectivity index (χ0v) is 10.9. The molecule has 0 radical (unpaired) electrons. The summed E-state index contributed by atoms with van der Waals surface area (Å²) in [6.45, 7) is 1.77. The van der Waals surface area contributed by atoms with Gasteiger partial charge in [-0.1, -0.05) is 35.9 Å². The number of benzene rings is 2. The lowest BCUT2D eigenvalue weighted by atomic mass is 9.87. The van der Waals surface area contributed by atoms with Crippen molar-refractivity contribution in [2.24, 2.45) is 0 Å². The van der Waals surface area contributed by atoms with Crippen LogP contribution in [0.2, 0.25) is 5.02 Å². The van der Waals surface area contributed by atoms with Crippen molar-refractivity contribution < 1.29 is 5.11 Å². The van der Waals surface area contributed by atoms with Crippen molar-refractivity contribution in [2.45, 2.75) is 18.9 Å². The first-order valence-corrected chi connectivity index (χ1v) is 6.24. The van der Waals surface area contributed by atoms with Crippen molar-refractivity contribution >= 4 is 17.3 Å². The minimum Gasteiger partial charge on any atom is -0.399 e. The van der Waals surface area contributed by atoms with Crippen molar-refractivity contribution in [1.82, 2.24) is 0 Å². The third-order valence-electron chi connectivity index (χ3n) is 2.96. The molecule has 2 nitrogen and oxygen atoms in total. The molecule has 0 saturated heterocycles. The lowest BCUT2D eigenvalue weighted by Crippen LogP contribution is -2.16. The molecule has 0 fully saturated rings. The molecular formula is C15H16ClNO. The Kier molecular flexibility index (Phi) is 3.90. The molecule has 94 valence electrons. The molecule has 2 aromatic carbocycles. The number of nitrogen functional groups attached to an aromatic ring is 1. The normalized spacial score (nSPS) is 14.2. The Hall–Kier alpha value is -1.51. The molecule has 0 aliphatic heterocycles. The van der Waals surface area contributed by atoms with E-state index in [0.29, 0.717) is 10.7 Å². The monoisotopic (exact) mass is 261 g/mol. The highest BCUT2D eigenvalue weighted by Crippen LogP contribution is 2.30. The summed E-state index contributed by atoms with van der Waals surface area (Å²) in [5.41, 5.74) is 8.47. The molecule has 0 spiro atoms. The molecular weight excluding hydrogens is 246 g/mol. The van der Waals surface area contributed by atoms with E-state index in [1.165, 1.54) is 0 Å².